The van der Waals surface area contributed by atoms with E-state index in [-0.39, 0.29) is 0 Å². The van der Waals surface area contributed by atoms with Crippen molar-refractivity contribution < 1.29 is 0 Å². The minimum Gasteiger partial charge on any atom is -0.380 e. The first-order valence-electron chi connectivity index (χ1n) is 9.92. The van der Waals surface area contributed by atoms with E-state index in [1.165, 1.54) is 5.56 Å². The molecule has 148 valence electrons. The topological polar surface area (TPSA) is 72.8 Å². The number of pyridine rings is 1. The summed E-state index contributed by atoms with van der Waals surface area (Å²) in [6.45, 7) is 4.86. The lowest BCUT2D eigenvalue weighted by Crippen LogP contribution is -2.42. The largest absolute Gasteiger partial charge is 0.380 e. The number of fused-ring (bicyclic) bond motifs is 1. The normalized spacial score (nSPS) is 15.4. The summed E-state index contributed by atoms with van der Waals surface area (Å²) < 4.78 is 0. The van der Waals surface area contributed by atoms with Crippen molar-refractivity contribution in [1.29, 1.82) is 5.26 Å². The molecule has 4 rings (SSSR count). The monoisotopic (exact) mass is 385 g/mol. The number of aromatic nitrogens is 1. The zero-order chi connectivity index (χ0) is 20.3. The molecule has 1 unspecified atom stereocenters. The maximum atomic E-state index is 8.84. The zero-order valence-electron chi connectivity index (χ0n) is 16.7. The molecule has 29 heavy (non-hydrogen) atoms. The van der Waals surface area contributed by atoms with Crippen LogP contribution in [0, 0.1) is 11.3 Å². The third-order valence-corrected chi connectivity index (χ3v) is 4.80. The number of benzene rings is 2. The van der Waals surface area contributed by atoms with Crippen LogP contribution in [0.3, 0.4) is 0 Å². The Labute approximate surface area is 172 Å². The lowest BCUT2D eigenvalue weighted by atomic mass is 10.00. The van der Waals surface area contributed by atoms with Crippen LogP contribution in [0.2, 0.25) is 0 Å². The van der Waals surface area contributed by atoms with Crippen molar-refractivity contribution in [3.8, 4) is 6.07 Å². The second-order valence-electron chi connectivity index (χ2n) is 7.07. The van der Waals surface area contributed by atoms with E-state index in [1.807, 2.05) is 72.8 Å². The van der Waals surface area contributed by atoms with Gasteiger partial charge in [0.15, 0.2) is 0 Å². The van der Waals surface area contributed by atoms with Gasteiger partial charge in [-0.3, -0.25) is 0 Å². The van der Waals surface area contributed by atoms with Gasteiger partial charge in [-0.25, -0.2) is 4.98 Å². The van der Waals surface area contributed by atoms with E-state index >= 15 is 0 Å². The van der Waals surface area contributed by atoms with Crippen LogP contribution in [0.15, 0.2) is 79.0 Å². The molecule has 1 aliphatic heterocycles. The Bertz CT molecular complexity index is 876. The lowest BCUT2D eigenvalue weighted by molar-refractivity contribution is 0.572. The molecule has 0 amide bonds. The van der Waals surface area contributed by atoms with Gasteiger partial charge in [0.05, 0.1) is 23.4 Å². The fourth-order valence-corrected chi connectivity index (χ4v) is 3.13. The van der Waals surface area contributed by atoms with Gasteiger partial charge in [0.25, 0.3) is 0 Å². The summed E-state index contributed by atoms with van der Waals surface area (Å²) in [7, 11) is 0. The van der Waals surface area contributed by atoms with Gasteiger partial charge in [-0.15, -0.1) is 0 Å². The zero-order valence-corrected chi connectivity index (χ0v) is 16.7. The highest BCUT2D eigenvalue weighted by Crippen LogP contribution is 2.22. The van der Waals surface area contributed by atoms with E-state index in [0.29, 0.717) is 17.5 Å². The fraction of sp³-hybridized carbons (Fsp3) is 0.250. The minimum atomic E-state index is 0.325. The van der Waals surface area contributed by atoms with E-state index in [0.717, 1.165) is 31.1 Å². The molecule has 2 aromatic carbocycles. The average Bonchev–Trinajstić information content (AvgIpc) is 2.80. The molecular weight excluding hydrogens is 358 g/mol. The van der Waals surface area contributed by atoms with Gasteiger partial charge in [-0.2, -0.15) is 5.26 Å². The third-order valence-electron chi connectivity index (χ3n) is 4.80. The number of nitriles is 1. The Morgan fingerprint density at radius 1 is 1.07 bits per heavy atom. The smallest absolute Gasteiger partial charge is 0.149 e. The van der Waals surface area contributed by atoms with Gasteiger partial charge in [0.1, 0.15) is 5.82 Å². The van der Waals surface area contributed by atoms with Gasteiger partial charge in [-0.1, -0.05) is 55.5 Å². The van der Waals surface area contributed by atoms with Crippen molar-refractivity contribution in [2.75, 3.05) is 30.3 Å². The highest BCUT2D eigenvalue weighted by atomic mass is 15.1. The van der Waals surface area contributed by atoms with Crippen LogP contribution < -0.4 is 16.0 Å². The molecule has 0 radical (unpaired) electrons. The van der Waals surface area contributed by atoms with Crippen LogP contribution >= 0.6 is 0 Å². The molecule has 2 heterocycles. The Hall–Kier alpha value is -3.36. The van der Waals surface area contributed by atoms with Crippen LogP contribution in [-0.2, 0) is 0 Å². The Kier molecular flexibility index (Phi) is 7.62. The van der Waals surface area contributed by atoms with Crippen molar-refractivity contribution in [2.24, 2.45) is 0 Å². The fourth-order valence-electron chi connectivity index (χ4n) is 3.13. The summed E-state index contributed by atoms with van der Waals surface area (Å²) in [5, 5.41) is 19.2. The predicted octanol–water partition coefficient (Wildman–Crippen LogP) is 4.24. The van der Waals surface area contributed by atoms with E-state index in [2.05, 4.69) is 33.9 Å². The summed E-state index contributed by atoms with van der Waals surface area (Å²) in [5.74, 6) is 1.33. The van der Waals surface area contributed by atoms with Crippen molar-refractivity contribution >= 4 is 11.5 Å². The lowest BCUT2D eigenvalue weighted by Gasteiger charge is -2.28. The van der Waals surface area contributed by atoms with Crippen LogP contribution in [0.25, 0.3) is 0 Å². The summed E-state index contributed by atoms with van der Waals surface area (Å²) in [5.41, 5.74) is 3.02. The number of hydrogen-bond acceptors (Lipinski definition) is 5. The maximum absolute atomic E-state index is 8.84. The molecule has 0 aliphatic carbocycles. The van der Waals surface area contributed by atoms with Gasteiger partial charge in [0, 0.05) is 25.8 Å². The second-order valence-corrected chi connectivity index (χ2v) is 7.07. The molecule has 5 heteroatoms. The molecule has 0 spiro atoms. The number of nitrogens with one attached hydrogen (secondary N) is 3. The first-order valence-corrected chi connectivity index (χ1v) is 9.92. The highest BCUT2D eigenvalue weighted by Gasteiger charge is 2.17. The number of hydrogen-bond donors (Lipinski definition) is 3. The van der Waals surface area contributed by atoms with Crippen molar-refractivity contribution in [3.63, 3.8) is 0 Å². The summed E-state index contributed by atoms with van der Waals surface area (Å²) in [6, 6.07) is 26.3. The van der Waals surface area contributed by atoms with Crippen molar-refractivity contribution in [2.45, 2.75) is 18.9 Å². The number of rotatable bonds is 5. The molecule has 2 atom stereocenters. The number of nitrogens with zero attached hydrogens (tertiary/aromatic N) is 2. The standard InChI is InChI=1S/C18H21N5.C6H6/c1-13(15-6-4-14(9-19)5-7-15)10-20-11-16-12-22-17-3-2-8-21-18(17)23-16;1-2-4-6-5-3-1/h2-8,13,16,20,22H,10-12H2,1H3,(H,21,23);1-6H/t13?,16-;/m1./s1. The van der Waals surface area contributed by atoms with E-state index in [9.17, 15) is 0 Å². The summed E-state index contributed by atoms with van der Waals surface area (Å²) in [6.07, 6.45) is 1.80. The summed E-state index contributed by atoms with van der Waals surface area (Å²) in [4.78, 5) is 4.35. The van der Waals surface area contributed by atoms with E-state index in [1.54, 1.807) is 6.20 Å². The molecule has 3 aromatic rings. The molecular formula is C24H27N5. The molecule has 0 fully saturated rings. The highest BCUT2D eigenvalue weighted by molar-refractivity contribution is 5.66. The molecule has 0 saturated heterocycles. The maximum Gasteiger partial charge on any atom is 0.149 e. The number of anilines is 2. The molecule has 5 nitrogen and oxygen atoms in total. The third kappa shape index (κ3) is 6.34. The van der Waals surface area contributed by atoms with Gasteiger partial charge >= 0.3 is 0 Å². The SMILES string of the molecule is CC(CNC[C@@H]1CNc2cccnc2N1)c1ccc(C#N)cc1.c1ccccc1. The van der Waals surface area contributed by atoms with Gasteiger partial charge in [0.2, 0.25) is 0 Å². The van der Waals surface area contributed by atoms with E-state index in [4.69, 9.17) is 5.26 Å². The predicted molar refractivity (Wildman–Crippen MR) is 119 cm³/mol. The molecule has 0 saturated carbocycles. The van der Waals surface area contributed by atoms with Crippen LogP contribution in [0.4, 0.5) is 11.5 Å². The Morgan fingerprint density at radius 2 is 1.76 bits per heavy atom. The van der Waals surface area contributed by atoms with Gasteiger partial charge < -0.3 is 16.0 Å². The average molecular weight is 386 g/mol. The molecule has 1 aliphatic rings. The first kappa shape index (κ1) is 20.4. The van der Waals surface area contributed by atoms with Gasteiger partial charge in [-0.05, 0) is 35.7 Å². The van der Waals surface area contributed by atoms with Crippen LogP contribution in [0.5, 0.6) is 0 Å². The molecule has 0 bridgehead atoms. The minimum absolute atomic E-state index is 0.325. The van der Waals surface area contributed by atoms with Crippen molar-refractivity contribution in [1.82, 2.24) is 10.3 Å². The second kappa shape index (κ2) is 10.8. The molecule has 1 aromatic heterocycles. The van der Waals surface area contributed by atoms with Crippen LogP contribution in [-0.4, -0.2) is 30.7 Å². The van der Waals surface area contributed by atoms with Crippen LogP contribution in [0.1, 0.15) is 24.0 Å². The Morgan fingerprint density at radius 3 is 2.41 bits per heavy atom. The first-order chi connectivity index (χ1) is 14.3. The molecule has 3 N–H and O–H groups in total. The Balaban J connectivity index is 0.000000343. The summed E-state index contributed by atoms with van der Waals surface area (Å²) >= 11 is 0. The quantitative estimate of drug-likeness (QED) is 0.613. The van der Waals surface area contributed by atoms with E-state index < -0.39 is 0 Å². The van der Waals surface area contributed by atoms with Crippen molar-refractivity contribution in [3.05, 3.63) is 90.1 Å².